The normalized spacial score (nSPS) is 17.3. The summed E-state index contributed by atoms with van der Waals surface area (Å²) in [6, 6.07) is 5.73. The maximum atomic E-state index is 12.4. The van der Waals surface area contributed by atoms with E-state index in [9.17, 15) is 9.59 Å². The molecule has 0 bridgehead atoms. The molecule has 0 saturated carbocycles. The van der Waals surface area contributed by atoms with E-state index in [1.807, 2.05) is 43.9 Å². The second-order valence-corrected chi connectivity index (χ2v) is 8.12. The number of piperidine rings is 1. The van der Waals surface area contributed by atoms with E-state index >= 15 is 0 Å². The number of carbonyl (C=O) groups is 2. The summed E-state index contributed by atoms with van der Waals surface area (Å²) in [4.78, 5) is 32.3. The molecule has 1 saturated heterocycles. The fraction of sp³-hybridized carbons (Fsp3) is 0.650. The first-order valence-electron chi connectivity index (χ1n) is 9.61. The van der Waals surface area contributed by atoms with Gasteiger partial charge in [-0.3, -0.25) is 4.98 Å². The Hall–Kier alpha value is -2.31. The Kier molecular flexibility index (Phi) is 7.45. The van der Waals surface area contributed by atoms with Crippen LogP contribution >= 0.6 is 0 Å². The van der Waals surface area contributed by atoms with Gasteiger partial charge in [-0.15, -0.1) is 0 Å². The molecule has 1 aromatic heterocycles. The number of hydrogen-bond donors (Lipinski definition) is 1. The number of pyridine rings is 1. The molecule has 0 unspecified atom stereocenters. The van der Waals surface area contributed by atoms with Crippen LogP contribution in [0.15, 0.2) is 24.4 Å². The summed E-state index contributed by atoms with van der Waals surface area (Å²) in [6.07, 6.45) is 4.10. The monoisotopic (exact) mass is 376 g/mol. The zero-order valence-corrected chi connectivity index (χ0v) is 16.9. The van der Waals surface area contributed by atoms with Gasteiger partial charge >= 0.3 is 12.1 Å². The lowest BCUT2D eigenvalue weighted by atomic mass is 9.98. The van der Waals surface area contributed by atoms with E-state index in [0.717, 1.165) is 25.1 Å². The highest BCUT2D eigenvalue weighted by molar-refractivity contribution is 5.74. The van der Waals surface area contributed by atoms with Gasteiger partial charge in [0.2, 0.25) is 0 Å². The summed E-state index contributed by atoms with van der Waals surface area (Å²) in [5, 5.41) is 2.97. The quantitative estimate of drug-likeness (QED) is 0.857. The van der Waals surface area contributed by atoms with Gasteiger partial charge in [-0.1, -0.05) is 6.07 Å². The molecular weight excluding hydrogens is 344 g/mol. The van der Waals surface area contributed by atoms with Crippen molar-refractivity contribution in [1.82, 2.24) is 20.1 Å². The maximum absolute atomic E-state index is 12.4. The van der Waals surface area contributed by atoms with Gasteiger partial charge in [-0.2, -0.15) is 0 Å². The molecule has 7 nitrogen and oxygen atoms in total. The molecule has 27 heavy (non-hydrogen) atoms. The van der Waals surface area contributed by atoms with Crippen LogP contribution in [0.4, 0.5) is 9.59 Å². The highest BCUT2D eigenvalue weighted by atomic mass is 16.6. The Balaban J connectivity index is 1.75. The highest BCUT2D eigenvalue weighted by Crippen LogP contribution is 2.18. The average molecular weight is 377 g/mol. The first kappa shape index (κ1) is 21.0. The number of nitrogens with one attached hydrogen (secondary N) is 1. The lowest BCUT2D eigenvalue weighted by Crippen LogP contribution is -2.48. The minimum absolute atomic E-state index is 0.0458. The molecule has 1 N–H and O–H groups in total. The van der Waals surface area contributed by atoms with E-state index in [-0.39, 0.29) is 18.0 Å². The number of likely N-dealkylation sites (tertiary alicyclic amines) is 1. The number of ether oxygens (including phenoxy) is 1. The minimum Gasteiger partial charge on any atom is -0.444 e. The molecule has 2 rings (SSSR count). The lowest BCUT2D eigenvalue weighted by molar-refractivity contribution is 0.0252. The smallest absolute Gasteiger partial charge is 0.410 e. The predicted octanol–water partition coefficient (Wildman–Crippen LogP) is 2.91. The zero-order chi connectivity index (χ0) is 19.9. The third-order valence-electron chi connectivity index (χ3n) is 4.43. The number of hydrogen-bond acceptors (Lipinski definition) is 4. The molecule has 1 aliphatic heterocycles. The molecular formula is C20H32N4O3. The first-order chi connectivity index (χ1) is 12.7. The van der Waals surface area contributed by atoms with Gasteiger partial charge in [-0.25, -0.2) is 9.59 Å². The van der Waals surface area contributed by atoms with Crippen LogP contribution in [0.5, 0.6) is 0 Å². The fourth-order valence-electron chi connectivity index (χ4n) is 3.16. The van der Waals surface area contributed by atoms with Gasteiger partial charge in [0.15, 0.2) is 0 Å². The van der Waals surface area contributed by atoms with E-state index in [1.165, 1.54) is 0 Å². The van der Waals surface area contributed by atoms with Gasteiger partial charge in [0, 0.05) is 51.5 Å². The van der Waals surface area contributed by atoms with Gasteiger partial charge in [0.05, 0.1) is 0 Å². The molecule has 1 aliphatic rings. The average Bonchev–Trinajstić information content (AvgIpc) is 2.61. The van der Waals surface area contributed by atoms with Crippen LogP contribution < -0.4 is 5.32 Å². The molecule has 0 aliphatic carbocycles. The summed E-state index contributed by atoms with van der Waals surface area (Å²) in [6.45, 7) is 8.13. The number of aromatic nitrogens is 1. The Morgan fingerprint density at radius 1 is 1.37 bits per heavy atom. The SMILES string of the molecule is CN(C[C@H]1CCCN(C(=O)NCCc2ccccn2)C1)C(=O)OC(C)(C)C. The van der Waals surface area contributed by atoms with Crippen LogP contribution in [-0.4, -0.2) is 65.7 Å². The standard InChI is InChI=1S/C20H32N4O3/c1-20(2,3)27-19(26)23(4)14-16-8-7-13-24(15-16)18(25)22-12-10-17-9-5-6-11-21-17/h5-6,9,11,16H,7-8,10,12-15H2,1-4H3,(H,22,25)/t16-/m1/s1. The van der Waals surface area contributed by atoms with Crippen molar-refractivity contribution in [2.24, 2.45) is 5.92 Å². The van der Waals surface area contributed by atoms with Crippen LogP contribution in [0.1, 0.15) is 39.3 Å². The minimum atomic E-state index is -0.503. The molecule has 1 atom stereocenters. The van der Waals surface area contributed by atoms with E-state index in [1.54, 1.807) is 18.1 Å². The maximum Gasteiger partial charge on any atom is 0.410 e. The molecule has 0 spiro atoms. The summed E-state index contributed by atoms with van der Waals surface area (Å²) < 4.78 is 5.40. The lowest BCUT2D eigenvalue weighted by Gasteiger charge is -2.35. The Morgan fingerprint density at radius 3 is 2.81 bits per heavy atom. The number of carbonyl (C=O) groups excluding carboxylic acids is 2. The van der Waals surface area contributed by atoms with Gasteiger partial charge in [-0.05, 0) is 51.7 Å². The number of amides is 3. The third kappa shape index (κ3) is 7.45. The van der Waals surface area contributed by atoms with Crippen molar-refractivity contribution in [2.75, 3.05) is 33.2 Å². The van der Waals surface area contributed by atoms with Crippen molar-refractivity contribution in [3.8, 4) is 0 Å². The van der Waals surface area contributed by atoms with Crippen molar-refractivity contribution in [3.63, 3.8) is 0 Å². The third-order valence-corrected chi connectivity index (χ3v) is 4.43. The molecule has 0 aromatic carbocycles. The summed E-state index contributed by atoms with van der Waals surface area (Å²) in [5.41, 5.74) is 0.463. The topological polar surface area (TPSA) is 74.8 Å². The van der Waals surface area contributed by atoms with Crippen LogP contribution in [0, 0.1) is 5.92 Å². The molecule has 0 radical (unpaired) electrons. The van der Waals surface area contributed by atoms with E-state index in [0.29, 0.717) is 26.1 Å². The number of nitrogens with zero attached hydrogens (tertiary/aromatic N) is 3. The summed E-state index contributed by atoms with van der Waals surface area (Å²) in [7, 11) is 1.75. The van der Waals surface area contributed by atoms with Crippen molar-refractivity contribution in [2.45, 2.75) is 45.6 Å². The van der Waals surface area contributed by atoms with E-state index in [2.05, 4.69) is 10.3 Å². The molecule has 3 amide bonds. The van der Waals surface area contributed by atoms with Crippen LogP contribution in [-0.2, 0) is 11.2 Å². The van der Waals surface area contributed by atoms with Crippen LogP contribution in [0.2, 0.25) is 0 Å². The molecule has 2 heterocycles. The van der Waals surface area contributed by atoms with Crippen molar-refractivity contribution >= 4 is 12.1 Å². The van der Waals surface area contributed by atoms with Crippen molar-refractivity contribution in [3.05, 3.63) is 30.1 Å². The molecule has 7 heteroatoms. The Bertz CT molecular complexity index is 615. The molecule has 1 fully saturated rings. The first-order valence-corrected chi connectivity index (χ1v) is 9.61. The highest BCUT2D eigenvalue weighted by Gasteiger charge is 2.27. The van der Waals surface area contributed by atoms with Crippen molar-refractivity contribution < 1.29 is 14.3 Å². The van der Waals surface area contributed by atoms with E-state index < -0.39 is 5.60 Å². The van der Waals surface area contributed by atoms with Gasteiger partial charge < -0.3 is 19.9 Å². The predicted molar refractivity (Wildman–Crippen MR) is 105 cm³/mol. The van der Waals surface area contributed by atoms with Crippen LogP contribution in [0.3, 0.4) is 0 Å². The zero-order valence-electron chi connectivity index (χ0n) is 16.9. The molecule has 150 valence electrons. The largest absolute Gasteiger partial charge is 0.444 e. The molecule has 1 aromatic rings. The number of rotatable bonds is 5. The summed E-state index contributed by atoms with van der Waals surface area (Å²) >= 11 is 0. The summed E-state index contributed by atoms with van der Waals surface area (Å²) in [5.74, 6) is 0.262. The Labute approximate surface area is 162 Å². The van der Waals surface area contributed by atoms with E-state index in [4.69, 9.17) is 4.74 Å². The second-order valence-electron chi connectivity index (χ2n) is 8.12. The second kappa shape index (κ2) is 9.58. The van der Waals surface area contributed by atoms with Crippen LogP contribution in [0.25, 0.3) is 0 Å². The van der Waals surface area contributed by atoms with Gasteiger partial charge in [0.1, 0.15) is 5.60 Å². The Morgan fingerprint density at radius 2 is 2.15 bits per heavy atom. The van der Waals surface area contributed by atoms with Crippen molar-refractivity contribution in [1.29, 1.82) is 0 Å². The van der Waals surface area contributed by atoms with Gasteiger partial charge in [0.25, 0.3) is 0 Å². The fourth-order valence-corrected chi connectivity index (χ4v) is 3.16. The number of urea groups is 1.